The number of carbonyl (C=O) groups excluding carboxylic acids is 5. The molecular weight excluding hydrogens is 811 g/mol. The smallest absolute Gasteiger partial charge is 0.274 e. The molecule has 4 aromatic rings. The number of aryl methyl sites for hydroxylation is 1. The van der Waals surface area contributed by atoms with Gasteiger partial charge in [-0.1, -0.05) is 42.5 Å². The number of aromatic nitrogens is 1. The summed E-state index contributed by atoms with van der Waals surface area (Å²) in [6.45, 7) is 7.14. The number of rotatable bonds is 13. The minimum absolute atomic E-state index is 0.0154. The summed E-state index contributed by atoms with van der Waals surface area (Å²) in [7, 11) is 0. The molecule has 330 valence electrons. The average molecular weight is 863 g/mol. The Kier molecular flexibility index (Phi) is 14.6. The van der Waals surface area contributed by atoms with Gasteiger partial charge in [-0.25, -0.2) is 19.2 Å². The van der Waals surface area contributed by atoms with E-state index in [1.54, 1.807) is 39.0 Å². The van der Waals surface area contributed by atoms with Crippen molar-refractivity contribution >= 4 is 41.4 Å². The molecule has 16 heteroatoms. The lowest BCUT2D eigenvalue weighted by atomic mass is 9.97. The van der Waals surface area contributed by atoms with Crippen molar-refractivity contribution in [2.45, 2.75) is 58.2 Å². The molecule has 63 heavy (non-hydrogen) atoms. The van der Waals surface area contributed by atoms with Crippen LogP contribution in [0.3, 0.4) is 0 Å². The summed E-state index contributed by atoms with van der Waals surface area (Å²) >= 11 is 0. The Balaban J connectivity index is 0.842. The maximum Gasteiger partial charge on any atom is 0.274 e. The SMILES string of the molecule is CC(=O)Nc1cc(-c2cccc(F)c2)cnc1C(=O)N1CCC(OC2CCN(CC(=O)N3CCN(C(=O)c4cc(C/C(=N/NC=O)c5ccccc5C)ccc4F)CC3)CC2)CC1. The van der Waals surface area contributed by atoms with E-state index < -0.39 is 17.5 Å². The maximum atomic E-state index is 15.1. The number of anilines is 1. The van der Waals surface area contributed by atoms with Gasteiger partial charge >= 0.3 is 0 Å². The largest absolute Gasteiger partial charge is 0.375 e. The molecule has 3 aliphatic rings. The summed E-state index contributed by atoms with van der Waals surface area (Å²) in [6.07, 6.45) is 5.12. The first-order valence-electron chi connectivity index (χ1n) is 21.3. The number of hydrogen-bond donors (Lipinski definition) is 2. The molecule has 3 aromatic carbocycles. The molecule has 0 radical (unpaired) electrons. The van der Waals surface area contributed by atoms with Crippen molar-refractivity contribution in [1.82, 2.24) is 30.0 Å². The highest BCUT2D eigenvalue weighted by Gasteiger charge is 2.32. The number of hydrogen-bond acceptors (Lipinski definition) is 9. The zero-order valence-electron chi connectivity index (χ0n) is 35.5. The Morgan fingerprint density at radius 3 is 2.14 bits per heavy atom. The lowest BCUT2D eigenvalue weighted by Gasteiger charge is -2.38. The van der Waals surface area contributed by atoms with Crippen molar-refractivity contribution in [3.8, 4) is 11.1 Å². The molecular formula is C47H52F2N8O6. The second kappa shape index (κ2) is 20.7. The number of pyridine rings is 1. The van der Waals surface area contributed by atoms with Crippen LogP contribution in [0.5, 0.6) is 0 Å². The molecule has 0 unspecified atom stereocenters. The first-order chi connectivity index (χ1) is 30.4. The van der Waals surface area contributed by atoms with Crippen molar-refractivity contribution in [3.05, 3.63) is 119 Å². The highest BCUT2D eigenvalue weighted by Crippen LogP contribution is 2.28. The van der Waals surface area contributed by atoms with Crippen LogP contribution in [-0.4, -0.2) is 131 Å². The minimum Gasteiger partial charge on any atom is -0.375 e. The molecule has 14 nitrogen and oxygen atoms in total. The molecule has 0 aliphatic carbocycles. The molecule has 0 saturated carbocycles. The number of amides is 5. The third-order valence-electron chi connectivity index (χ3n) is 11.8. The number of halogens is 2. The number of piperazine rings is 1. The Labute approximate surface area is 365 Å². The molecule has 3 fully saturated rings. The van der Waals surface area contributed by atoms with Gasteiger partial charge < -0.3 is 24.8 Å². The van der Waals surface area contributed by atoms with Gasteiger partial charge in [0.1, 0.15) is 11.6 Å². The van der Waals surface area contributed by atoms with Gasteiger partial charge in [0.15, 0.2) is 5.69 Å². The van der Waals surface area contributed by atoms with E-state index in [2.05, 4.69) is 25.7 Å². The molecule has 4 heterocycles. The molecule has 0 spiro atoms. The predicted octanol–water partition coefficient (Wildman–Crippen LogP) is 5.06. The third kappa shape index (κ3) is 11.4. The molecule has 7 rings (SSSR count). The number of piperidine rings is 2. The topological polar surface area (TPSA) is 157 Å². The molecule has 0 atom stereocenters. The van der Waals surface area contributed by atoms with Gasteiger partial charge in [-0.05, 0) is 79.6 Å². The molecule has 0 bridgehead atoms. The zero-order chi connectivity index (χ0) is 44.5. The molecule has 1 aromatic heterocycles. The van der Waals surface area contributed by atoms with Crippen LogP contribution in [0, 0.1) is 18.6 Å². The molecule has 3 aliphatic heterocycles. The molecule has 3 saturated heterocycles. The van der Waals surface area contributed by atoms with Gasteiger partial charge in [0.25, 0.3) is 11.8 Å². The van der Waals surface area contributed by atoms with Gasteiger partial charge in [-0.3, -0.25) is 28.9 Å². The number of ether oxygens (including phenoxy) is 1. The van der Waals surface area contributed by atoms with E-state index >= 15 is 4.39 Å². The van der Waals surface area contributed by atoms with Gasteiger partial charge in [-0.15, -0.1) is 0 Å². The van der Waals surface area contributed by atoms with Gasteiger partial charge in [0.05, 0.1) is 35.7 Å². The van der Waals surface area contributed by atoms with E-state index in [0.29, 0.717) is 80.9 Å². The van der Waals surface area contributed by atoms with Crippen LogP contribution >= 0.6 is 0 Å². The number of carbonyl (C=O) groups is 5. The van der Waals surface area contributed by atoms with Crippen molar-refractivity contribution in [2.24, 2.45) is 5.10 Å². The second-order valence-corrected chi connectivity index (χ2v) is 16.2. The summed E-state index contributed by atoms with van der Waals surface area (Å²) in [5, 5.41) is 6.93. The normalized spacial score (nSPS) is 16.8. The summed E-state index contributed by atoms with van der Waals surface area (Å²) in [5.74, 6) is -2.14. The van der Waals surface area contributed by atoms with Crippen LogP contribution in [0.1, 0.15) is 70.1 Å². The lowest BCUT2D eigenvalue weighted by molar-refractivity contribution is -0.135. The summed E-state index contributed by atoms with van der Waals surface area (Å²) in [6, 6.07) is 19.7. The van der Waals surface area contributed by atoms with Crippen molar-refractivity contribution in [1.29, 1.82) is 0 Å². The van der Waals surface area contributed by atoms with Crippen molar-refractivity contribution in [3.63, 3.8) is 0 Å². The number of nitrogens with zero attached hydrogens (tertiary/aromatic N) is 6. The lowest BCUT2D eigenvalue weighted by Crippen LogP contribution is -2.53. The Bertz CT molecular complexity index is 2350. The Hall–Kier alpha value is -6.39. The van der Waals surface area contributed by atoms with E-state index in [4.69, 9.17) is 4.74 Å². The first kappa shape index (κ1) is 44.7. The van der Waals surface area contributed by atoms with Crippen LogP contribution in [0.15, 0.2) is 84.1 Å². The Morgan fingerprint density at radius 1 is 0.778 bits per heavy atom. The fourth-order valence-corrected chi connectivity index (χ4v) is 8.42. The first-order valence-corrected chi connectivity index (χ1v) is 21.3. The van der Waals surface area contributed by atoms with Crippen LogP contribution in [0.25, 0.3) is 11.1 Å². The summed E-state index contributed by atoms with van der Waals surface area (Å²) in [4.78, 5) is 75.1. The van der Waals surface area contributed by atoms with E-state index in [-0.39, 0.29) is 72.9 Å². The van der Waals surface area contributed by atoms with Gasteiger partial charge in [-0.2, -0.15) is 5.10 Å². The van der Waals surface area contributed by atoms with Crippen LogP contribution in [0.4, 0.5) is 14.5 Å². The fraction of sp³-hybridized carbons (Fsp3) is 0.383. The molecule has 5 amide bonds. The van der Waals surface area contributed by atoms with Gasteiger partial charge in [0, 0.05) is 83.0 Å². The van der Waals surface area contributed by atoms with E-state index in [0.717, 1.165) is 24.0 Å². The van der Waals surface area contributed by atoms with E-state index in [1.165, 1.54) is 37.4 Å². The quantitative estimate of drug-likeness (QED) is 0.107. The Morgan fingerprint density at radius 2 is 1.46 bits per heavy atom. The highest BCUT2D eigenvalue weighted by molar-refractivity contribution is 6.04. The van der Waals surface area contributed by atoms with Gasteiger partial charge in [0.2, 0.25) is 18.2 Å². The minimum atomic E-state index is -0.631. The summed E-state index contributed by atoms with van der Waals surface area (Å²) in [5.41, 5.74) is 6.88. The van der Waals surface area contributed by atoms with E-state index in [9.17, 15) is 28.4 Å². The summed E-state index contributed by atoms with van der Waals surface area (Å²) < 4.78 is 35.4. The fourth-order valence-electron chi connectivity index (χ4n) is 8.42. The number of benzene rings is 3. The highest BCUT2D eigenvalue weighted by atomic mass is 19.1. The maximum absolute atomic E-state index is 15.1. The number of nitrogens with one attached hydrogen (secondary N) is 2. The van der Waals surface area contributed by atoms with Crippen molar-refractivity contribution < 1.29 is 37.5 Å². The van der Waals surface area contributed by atoms with Crippen LogP contribution < -0.4 is 10.7 Å². The van der Waals surface area contributed by atoms with Crippen LogP contribution in [0.2, 0.25) is 0 Å². The predicted molar refractivity (Wildman–Crippen MR) is 233 cm³/mol. The standard InChI is InChI=1S/C47H52F2N8O6/c1-31-6-3-4-9-39(31)42(53-51-30-58)25-33-10-11-41(49)40(24-33)46(61)57-22-20-55(21-23-57)44(60)29-54-16-12-37(13-17-54)63-38-14-18-56(19-15-38)47(62)45-43(52-32(2)59)27-35(28-50-45)34-7-5-8-36(48)26-34/h3-11,24,26-28,30,37-38H,12-23,25,29H2,1-2H3,(H,51,58)(H,52,59)/b53-42-. The second-order valence-electron chi connectivity index (χ2n) is 16.2. The van der Waals surface area contributed by atoms with E-state index in [1.807, 2.05) is 31.2 Å². The number of likely N-dealkylation sites (tertiary alicyclic amines) is 2. The van der Waals surface area contributed by atoms with Crippen LogP contribution in [-0.2, 0) is 25.5 Å². The third-order valence-corrected chi connectivity index (χ3v) is 11.8. The number of hydrazone groups is 1. The van der Waals surface area contributed by atoms with Crippen molar-refractivity contribution in [2.75, 3.05) is 64.2 Å². The molecule has 2 N–H and O–H groups in total. The zero-order valence-corrected chi connectivity index (χ0v) is 35.5. The average Bonchev–Trinajstić information content (AvgIpc) is 3.29. The monoisotopic (exact) mass is 862 g/mol.